The van der Waals surface area contributed by atoms with Crippen LogP contribution in [-0.2, 0) is 17.9 Å². The Balaban J connectivity index is 1.78. The summed E-state index contributed by atoms with van der Waals surface area (Å²) in [6.45, 7) is 1.55. The fraction of sp³-hybridized carbons (Fsp3) is 0.500. The van der Waals surface area contributed by atoms with Gasteiger partial charge in [-0.2, -0.15) is 0 Å². The molecule has 1 fully saturated rings. The number of fused-ring (bicyclic) bond motifs is 1. The second-order valence-electron chi connectivity index (χ2n) is 5.92. The molecule has 1 aliphatic carbocycles. The van der Waals surface area contributed by atoms with Crippen LogP contribution in [0.15, 0.2) is 24.5 Å². The van der Waals surface area contributed by atoms with E-state index < -0.39 is 0 Å². The van der Waals surface area contributed by atoms with Crippen LogP contribution in [0, 0.1) is 0 Å². The van der Waals surface area contributed by atoms with Gasteiger partial charge in [0.1, 0.15) is 5.65 Å². The molecule has 0 atom stereocenters. The molecular formula is C16H22N4O. The topological polar surface area (TPSA) is 50.2 Å². The van der Waals surface area contributed by atoms with Crippen LogP contribution in [0.1, 0.15) is 24.8 Å². The number of aryl methyl sites for hydroxylation is 1. The number of pyridine rings is 1. The van der Waals surface area contributed by atoms with E-state index in [1.807, 2.05) is 12.3 Å². The van der Waals surface area contributed by atoms with Crippen molar-refractivity contribution in [1.82, 2.24) is 19.8 Å². The first kappa shape index (κ1) is 14.1. The predicted octanol–water partition coefficient (Wildman–Crippen LogP) is 1.77. The molecule has 21 heavy (non-hydrogen) atoms. The van der Waals surface area contributed by atoms with Crippen molar-refractivity contribution in [3.8, 4) is 0 Å². The quantitative estimate of drug-likeness (QED) is 0.880. The van der Waals surface area contributed by atoms with E-state index in [-0.39, 0.29) is 5.91 Å². The van der Waals surface area contributed by atoms with E-state index in [1.165, 1.54) is 23.8 Å². The molecule has 2 aromatic rings. The van der Waals surface area contributed by atoms with Crippen molar-refractivity contribution in [2.45, 2.75) is 38.4 Å². The first-order valence-electron chi connectivity index (χ1n) is 7.51. The Bertz CT molecular complexity index is 643. The van der Waals surface area contributed by atoms with Crippen LogP contribution in [0.5, 0.6) is 0 Å². The van der Waals surface area contributed by atoms with E-state index in [4.69, 9.17) is 0 Å². The van der Waals surface area contributed by atoms with E-state index in [2.05, 4.69) is 27.1 Å². The lowest BCUT2D eigenvalue weighted by Gasteiger charge is -2.10. The van der Waals surface area contributed by atoms with Crippen LogP contribution in [0.2, 0.25) is 0 Å². The minimum atomic E-state index is 0.144. The van der Waals surface area contributed by atoms with E-state index in [0.717, 1.165) is 12.2 Å². The summed E-state index contributed by atoms with van der Waals surface area (Å²) in [5.74, 6) is 0.144. The molecule has 1 saturated carbocycles. The number of amides is 1. The summed E-state index contributed by atoms with van der Waals surface area (Å²) >= 11 is 0. The van der Waals surface area contributed by atoms with Gasteiger partial charge in [0.05, 0.1) is 0 Å². The zero-order valence-electron chi connectivity index (χ0n) is 12.7. The van der Waals surface area contributed by atoms with Gasteiger partial charge in [0.25, 0.3) is 0 Å². The zero-order chi connectivity index (χ0) is 14.8. The van der Waals surface area contributed by atoms with Crippen molar-refractivity contribution in [2.75, 3.05) is 14.1 Å². The lowest BCUT2D eigenvalue weighted by atomic mass is 10.2. The van der Waals surface area contributed by atoms with E-state index in [0.29, 0.717) is 19.0 Å². The van der Waals surface area contributed by atoms with Crippen LogP contribution in [0.4, 0.5) is 0 Å². The van der Waals surface area contributed by atoms with Gasteiger partial charge in [-0.15, -0.1) is 0 Å². The number of hydrogen-bond donors (Lipinski definition) is 1. The van der Waals surface area contributed by atoms with Gasteiger partial charge in [0.15, 0.2) is 0 Å². The molecule has 0 radical (unpaired) electrons. The average molecular weight is 286 g/mol. The summed E-state index contributed by atoms with van der Waals surface area (Å²) in [5.41, 5.74) is 2.24. The van der Waals surface area contributed by atoms with Gasteiger partial charge in [0, 0.05) is 57.4 Å². The second kappa shape index (κ2) is 5.85. The van der Waals surface area contributed by atoms with Crippen LogP contribution in [0.3, 0.4) is 0 Å². The molecule has 0 aromatic carbocycles. The lowest BCUT2D eigenvalue weighted by molar-refractivity contribution is -0.128. The first-order chi connectivity index (χ1) is 10.1. The fourth-order valence-corrected chi connectivity index (χ4v) is 2.49. The number of nitrogens with one attached hydrogen (secondary N) is 1. The van der Waals surface area contributed by atoms with Gasteiger partial charge < -0.3 is 14.8 Å². The smallest absolute Gasteiger partial charge is 0.223 e. The van der Waals surface area contributed by atoms with Gasteiger partial charge in [-0.25, -0.2) is 4.98 Å². The SMILES string of the molecule is CN(C)C(=O)CCn1cc(CNC2CC2)c2cccnc21. The summed E-state index contributed by atoms with van der Waals surface area (Å²) in [6.07, 6.45) is 7.02. The molecular weight excluding hydrogens is 264 g/mol. The van der Waals surface area contributed by atoms with Crippen molar-refractivity contribution in [3.63, 3.8) is 0 Å². The Hall–Kier alpha value is -1.88. The average Bonchev–Trinajstić information content (AvgIpc) is 3.25. The van der Waals surface area contributed by atoms with E-state index in [1.54, 1.807) is 19.0 Å². The van der Waals surface area contributed by atoms with E-state index in [9.17, 15) is 4.79 Å². The maximum atomic E-state index is 11.8. The number of carbonyl (C=O) groups excluding carboxylic acids is 1. The Labute approximate surface area is 125 Å². The molecule has 0 aliphatic heterocycles. The third kappa shape index (κ3) is 3.24. The number of rotatable bonds is 6. The minimum absolute atomic E-state index is 0.144. The number of hydrogen-bond acceptors (Lipinski definition) is 3. The third-order valence-corrected chi connectivity index (χ3v) is 3.94. The molecule has 2 heterocycles. The summed E-state index contributed by atoms with van der Waals surface area (Å²) in [4.78, 5) is 17.9. The highest BCUT2D eigenvalue weighted by Gasteiger charge is 2.21. The normalized spacial score (nSPS) is 14.6. The highest BCUT2D eigenvalue weighted by atomic mass is 16.2. The van der Waals surface area contributed by atoms with E-state index >= 15 is 0 Å². The molecule has 1 amide bonds. The fourth-order valence-electron chi connectivity index (χ4n) is 2.49. The highest BCUT2D eigenvalue weighted by Crippen LogP contribution is 2.23. The first-order valence-corrected chi connectivity index (χ1v) is 7.51. The molecule has 3 rings (SSSR count). The van der Waals surface area contributed by atoms with Gasteiger partial charge in [-0.3, -0.25) is 4.79 Å². The standard InChI is InChI=1S/C16H22N4O/c1-19(2)15(21)7-9-20-11-12(10-18-13-5-6-13)14-4-3-8-17-16(14)20/h3-4,8,11,13,18H,5-7,9-10H2,1-2H3. The Morgan fingerprint density at radius 2 is 2.29 bits per heavy atom. The van der Waals surface area contributed by atoms with Crippen molar-refractivity contribution < 1.29 is 4.79 Å². The molecule has 0 bridgehead atoms. The van der Waals surface area contributed by atoms with Gasteiger partial charge in [-0.1, -0.05) is 0 Å². The van der Waals surface area contributed by atoms with Gasteiger partial charge in [0.2, 0.25) is 5.91 Å². The monoisotopic (exact) mass is 286 g/mol. The summed E-state index contributed by atoms with van der Waals surface area (Å²) in [7, 11) is 3.58. The zero-order valence-corrected chi connectivity index (χ0v) is 12.7. The lowest BCUT2D eigenvalue weighted by Crippen LogP contribution is -2.22. The molecule has 0 spiro atoms. The Kier molecular flexibility index (Phi) is 3.92. The minimum Gasteiger partial charge on any atom is -0.349 e. The maximum Gasteiger partial charge on any atom is 0.223 e. The molecule has 1 N–H and O–H groups in total. The van der Waals surface area contributed by atoms with Crippen LogP contribution >= 0.6 is 0 Å². The van der Waals surface area contributed by atoms with Crippen LogP contribution in [0.25, 0.3) is 11.0 Å². The molecule has 5 heteroatoms. The number of nitrogens with zero attached hydrogens (tertiary/aromatic N) is 3. The summed E-state index contributed by atoms with van der Waals surface area (Å²) < 4.78 is 2.10. The largest absolute Gasteiger partial charge is 0.349 e. The van der Waals surface area contributed by atoms with Crippen molar-refractivity contribution in [1.29, 1.82) is 0 Å². The van der Waals surface area contributed by atoms with Gasteiger partial charge >= 0.3 is 0 Å². The molecule has 0 saturated heterocycles. The number of carbonyl (C=O) groups is 1. The molecule has 5 nitrogen and oxygen atoms in total. The van der Waals surface area contributed by atoms with Crippen molar-refractivity contribution in [2.24, 2.45) is 0 Å². The maximum absolute atomic E-state index is 11.8. The Morgan fingerprint density at radius 1 is 1.48 bits per heavy atom. The van der Waals surface area contributed by atoms with Crippen molar-refractivity contribution in [3.05, 3.63) is 30.1 Å². The van der Waals surface area contributed by atoms with Crippen LogP contribution in [-0.4, -0.2) is 40.5 Å². The highest BCUT2D eigenvalue weighted by molar-refractivity contribution is 5.81. The van der Waals surface area contributed by atoms with Crippen molar-refractivity contribution >= 4 is 16.9 Å². The summed E-state index contributed by atoms with van der Waals surface area (Å²) in [5, 5.41) is 4.73. The second-order valence-corrected chi connectivity index (χ2v) is 5.92. The third-order valence-electron chi connectivity index (χ3n) is 3.94. The molecule has 0 unspecified atom stereocenters. The Morgan fingerprint density at radius 3 is 3.00 bits per heavy atom. The van der Waals surface area contributed by atoms with Crippen LogP contribution < -0.4 is 5.32 Å². The molecule has 112 valence electrons. The van der Waals surface area contributed by atoms with Gasteiger partial charge in [-0.05, 0) is 30.5 Å². The number of aromatic nitrogens is 2. The molecule has 2 aromatic heterocycles. The molecule has 1 aliphatic rings. The predicted molar refractivity (Wildman–Crippen MR) is 82.9 cm³/mol. The summed E-state index contributed by atoms with van der Waals surface area (Å²) in [6, 6.07) is 4.77.